The van der Waals surface area contributed by atoms with E-state index in [2.05, 4.69) is 46.4 Å². The molecule has 4 rings (SSSR count). The van der Waals surface area contributed by atoms with Crippen LogP contribution in [-0.2, 0) is 17.8 Å². The zero-order valence-electron chi connectivity index (χ0n) is 17.8. The molecule has 0 radical (unpaired) electrons. The van der Waals surface area contributed by atoms with E-state index < -0.39 is 0 Å². The van der Waals surface area contributed by atoms with Crippen molar-refractivity contribution in [3.05, 3.63) is 59.4 Å². The number of piperidine rings is 1. The third kappa shape index (κ3) is 5.00. The van der Waals surface area contributed by atoms with Crippen LogP contribution < -0.4 is 10.1 Å². The van der Waals surface area contributed by atoms with Crippen LogP contribution in [0, 0.1) is 12.8 Å². The van der Waals surface area contributed by atoms with Gasteiger partial charge < -0.3 is 15.0 Å². The van der Waals surface area contributed by atoms with Crippen LogP contribution in [0.5, 0.6) is 5.75 Å². The molecular weight excluding hydrogens is 376 g/mol. The van der Waals surface area contributed by atoms with Gasteiger partial charge in [0.1, 0.15) is 11.6 Å². The fourth-order valence-corrected chi connectivity index (χ4v) is 4.12. The molecule has 2 aromatic carbocycles. The molecule has 1 fully saturated rings. The molecule has 1 amide bonds. The molecule has 1 aliphatic rings. The van der Waals surface area contributed by atoms with Crippen molar-refractivity contribution in [2.24, 2.45) is 5.92 Å². The molecule has 3 aromatic rings. The Labute approximate surface area is 177 Å². The monoisotopic (exact) mass is 406 g/mol. The largest absolute Gasteiger partial charge is 0.497 e. The number of likely N-dealkylation sites (tertiary alicyclic amines) is 1. The number of carbonyl (C=O) groups excluding carboxylic acids is 1. The van der Waals surface area contributed by atoms with Gasteiger partial charge in [0.2, 0.25) is 5.91 Å². The lowest BCUT2D eigenvalue weighted by molar-refractivity contribution is -0.126. The van der Waals surface area contributed by atoms with E-state index in [1.807, 2.05) is 18.2 Å². The zero-order chi connectivity index (χ0) is 20.9. The summed E-state index contributed by atoms with van der Waals surface area (Å²) < 4.78 is 5.25. The maximum Gasteiger partial charge on any atom is 0.223 e. The number of fused-ring (bicyclic) bond motifs is 1. The van der Waals surface area contributed by atoms with Crippen LogP contribution in [0.2, 0.25) is 0 Å². The molecule has 0 atom stereocenters. The number of H-pyrrole nitrogens is 1. The molecule has 1 saturated heterocycles. The van der Waals surface area contributed by atoms with Crippen molar-refractivity contribution in [2.75, 3.05) is 26.7 Å². The molecule has 0 unspecified atom stereocenters. The Hall–Kier alpha value is -2.86. The van der Waals surface area contributed by atoms with Gasteiger partial charge in [-0.2, -0.15) is 0 Å². The van der Waals surface area contributed by atoms with Crippen LogP contribution in [-0.4, -0.2) is 47.5 Å². The van der Waals surface area contributed by atoms with Gasteiger partial charge in [-0.1, -0.05) is 18.2 Å². The van der Waals surface area contributed by atoms with E-state index in [0.717, 1.165) is 61.5 Å². The van der Waals surface area contributed by atoms with Crippen LogP contribution in [0.3, 0.4) is 0 Å². The minimum atomic E-state index is 0.102. The number of nitrogens with zero attached hydrogens (tertiary/aromatic N) is 2. The van der Waals surface area contributed by atoms with Crippen molar-refractivity contribution in [2.45, 2.75) is 32.7 Å². The van der Waals surface area contributed by atoms with Crippen molar-refractivity contribution in [1.29, 1.82) is 0 Å². The van der Waals surface area contributed by atoms with E-state index in [4.69, 9.17) is 9.72 Å². The fraction of sp³-hybridized carbons (Fsp3) is 0.417. The summed E-state index contributed by atoms with van der Waals surface area (Å²) in [6, 6.07) is 14.3. The normalized spacial score (nSPS) is 15.4. The fourth-order valence-electron chi connectivity index (χ4n) is 4.12. The lowest BCUT2D eigenvalue weighted by Crippen LogP contribution is -2.40. The highest BCUT2D eigenvalue weighted by Crippen LogP contribution is 2.20. The molecule has 2 N–H and O–H groups in total. The number of methoxy groups -OCH3 is 1. The molecule has 30 heavy (non-hydrogen) atoms. The maximum atomic E-state index is 12.6. The molecular formula is C24H30N4O2. The molecule has 2 heterocycles. The molecule has 1 aliphatic heterocycles. The molecule has 158 valence electrons. The Balaban J connectivity index is 1.22. The van der Waals surface area contributed by atoms with Gasteiger partial charge >= 0.3 is 0 Å². The quantitative estimate of drug-likeness (QED) is 0.631. The minimum absolute atomic E-state index is 0.102. The van der Waals surface area contributed by atoms with Gasteiger partial charge in [-0.05, 0) is 74.7 Å². The van der Waals surface area contributed by atoms with Crippen molar-refractivity contribution in [1.82, 2.24) is 20.2 Å². The minimum Gasteiger partial charge on any atom is -0.497 e. The second-order valence-electron chi connectivity index (χ2n) is 8.15. The summed E-state index contributed by atoms with van der Waals surface area (Å²) in [5, 5.41) is 3.11. The number of carbonyl (C=O) groups is 1. The van der Waals surface area contributed by atoms with E-state index in [1.54, 1.807) is 7.11 Å². The molecule has 6 heteroatoms. The summed E-state index contributed by atoms with van der Waals surface area (Å²) in [7, 11) is 1.67. The smallest absolute Gasteiger partial charge is 0.223 e. The first kappa shape index (κ1) is 20.4. The Kier molecular flexibility index (Phi) is 6.33. The van der Waals surface area contributed by atoms with E-state index in [9.17, 15) is 4.79 Å². The molecule has 6 nitrogen and oxygen atoms in total. The Morgan fingerprint density at radius 1 is 1.23 bits per heavy atom. The zero-order valence-corrected chi connectivity index (χ0v) is 17.8. The summed E-state index contributed by atoms with van der Waals surface area (Å²) in [5.74, 6) is 2.13. The van der Waals surface area contributed by atoms with Crippen LogP contribution in [0.1, 0.15) is 29.8 Å². The summed E-state index contributed by atoms with van der Waals surface area (Å²) in [4.78, 5) is 23.1. The molecule has 0 spiro atoms. The Morgan fingerprint density at radius 3 is 2.87 bits per heavy atom. The van der Waals surface area contributed by atoms with Gasteiger partial charge in [0.05, 0.1) is 24.7 Å². The van der Waals surface area contributed by atoms with Gasteiger partial charge in [0, 0.05) is 12.5 Å². The molecule has 1 aromatic heterocycles. The topological polar surface area (TPSA) is 70.2 Å². The van der Waals surface area contributed by atoms with Crippen LogP contribution in [0.15, 0.2) is 42.5 Å². The first-order valence-electron chi connectivity index (χ1n) is 10.7. The van der Waals surface area contributed by atoms with Crippen molar-refractivity contribution >= 4 is 16.9 Å². The number of aryl methyl sites for hydroxylation is 1. The summed E-state index contributed by atoms with van der Waals surface area (Å²) in [6.45, 7) is 5.39. The molecule has 0 saturated carbocycles. The first-order chi connectivity index (χ1) is 14.6. The lowest BCUT2D eigenvalue weighted by atomic mass is 9.96. The number of hydrogen-bond acceptors (Lipinski definition) is 4. The number of imidazole rings is 1. The standard InChI is InChI=1S/C24H30N4O2/c1-17-6-7-21-22(14-17)27-23(26-21)16-28-12-9-19(10-13-28)24(29)25-11-8-18-4-3-5-20(15-18)30-2/h3-7,14-15,19H,8-13,16H2,1-2H3,(H,25,29)(H,26,27). The summed E-state index contributed by atoms with van der Waals surface area (Å²) in [5.41, 5.74) is 4.51. The van der Waals surface area contributed by atoms with Crippen LogP contribution in [0.4, 0.5) is 0 Å². The average Bonchev–Trinajstić information content (AvgIpc) is 3.15. The number of ether oxygens (including phenoxy) is 1. The van der Waals surface area contributed by atoms with E-state index >= 15 is 0 Å². The van der Waals surface area contributed by atoms with Gasteiger partial charge in [-0.25, -0.2) is 4.98 Å². The van der Waals surface area contributed by atoms with Crippen molar-refractivity contribution in [3.63, 3.8) is 0 Å². The second-order valence-corrected chi connectivity index (χ2v) is 8.15. The second kappa shape index (κ2) is 9.30. The first-order valence-corrected chi connectivity index (χ1v) is 10.7. The Morgan fingerprint density at radius 2 is 2.07 bits per heavy atom. The predicted octanol–water partition coefficient (Wildman–Crippen LogP) is 3.45. The van der Waals surface area contributed by atoms with Crippen LogP contribution in [0.25, 0.3) is 11.0 Å². The highest BCUT2D eigenvalue weighted by atomic mass is 16.5. The third-order valence-electron chi connectivity index (χ3n) is 5.87. The number of rotatable bonds is 7. The van der Waals surface area contributed by atoms with Crippen LogP contribution >= 0.6 is 0 Å². The number of aromatic nitrogens is 2. The average molecular weight is 407 g/mol. The van der Waals surface area contributed by atoms with Gasteiger partial charge in [0.15, 0.2) is 0 Å². The molecule has 0 aliphatic carbocycles. The summed E-state index contributed by atoms with van der Waals surface area (Å²) in [6.07, 6.45) is 2.60. The SMILES string of the molecule is COc1cccc(CCNC(=O)C2CCN(Cc3nc4ccc(C)cc4[nH]3)CC2)c1. The van der Waals surface area contributed by atoms with Gasteiger partial charge in [0.25, 0.3) is 0 Å². The third-order valence-corrected chi connectivity index (χ3v) is 5.87. The van der Waals surface area contributed by atoms with E-state index in [0.29, 0.717) is 6.54 Å². The highest BCUT2D eigenvalue weighted by molar-refractivity contribution is 5.78. The van der Waals surface area contributed by atoms with Crippen molar-refractivity contribution < 1.29 is 9.53 Å². The van der Waals surface area contributed by atoms with E-state index in [1.165, 1.54) is 11.1 Å². The highest BCUT2D eigenvalue weighted by Gasteiger charge is 2.25. The van der Waals surface area contributed by atoms with Crippen molar-refractivity contribution in [3.8, 4) is 5.75 Å². The van der Waals surface area contributed by atoms with Gasteiger partial charge in [-0.3, -0.25) is 9.69 Å². The summed E-state index contributed by atoms with van der Waals surface area (Å²) >= 11 is 0. The Bertz CT molecular complexity index is 1010. The molecule has 0 bridgehead atoms. The van der Waals surface area contributed by atoms with Gasteiger partial charge in [-0.15, -0.1) is 0 Å². The predicted molar refractivity (Wildman–Crippen MR) is 119 cm³/mol. The number of hydrogen-bond donors (Lipinski definition) is 2. The maximum absolute atomic E-state index is 12.6. The lowest BCUT2D eigenvalue weighted by Gasteiger charge is -2.30. The van der Waals surface area contributed by atoms with E-state index in [-0.39, 0.29) is 11.8 Å². The number of nitrogens with one attached hydrogen (secondary N) is 2. The number of benzene rings is 2. The number of amides is 1. The number of aromatic amines is 1.